The molecule has 0 aliphatic carbocycles. The topological polar surface area (TPSA) is 86.9 Å². The van der Waals surface area contributed by atoms with Crippen LogP contribution in [0.4, 0.5) is 0 Å². The highest BCUT2D eigenvalue weighted by molar-refractivity contribution is 6.35. The SMILES string of the molecule is CCN1CCN(CC(=O)N(CCN)CCc2ccccc2)C(=O)C1=O. The van der Waals surface area contributed by atoms with Gasteiger partial charge < -0.3 is 20.4 Å². The number of nitrogens with two attached hydrogens (primary N) is 1. The number of amides is 3. The molecule has 7 heteroatoms. The standard InChI is InChI=1S/C18H26N4O3/c1-2-20-12-13-22(18(25)17(20)24)14-16(23)21(11-9-19)10-8-15-6-4-3-5-7-15/h3-7H,2,8-14,19H2,1H3. The minimum atomic E-state index is -0.600. The Bertz CT molecular complexity index is 606. The van der Waals surface area contributed by atoms with E-state index < -0.39 is 11.8 Å². The van der Waals surface area contributed by atoms with E-state index in [0.29, 0.717) is 39.3 Å². The summed E-state index contributed by atoms with van der Waals surface area (Å²) in [6, 6.07) is 9.89. The molecule has 0 spiro atoms. The Labute approximate surface area is 148 Å². The fraction of sp³-hybridized carbons (Fsp3) is 0.500. The maximum Gasteiger partial charge on any atom is 0.312 e. The molecule has 0 aromatic heterocycles. The van der Waals surface area contributed by atoms with Gasteiger partial charge in [-0.1, -0.05) is 30.3 Å². The number of hydrogen-bond donors (Lipinski definition) is 1. The Kier molecular flexibility index (Phi) is 6.94. The van der Waals surface area contributed by atoms with E-state index in [1.807, 2.05) is 37.3 Å². The van der Waals surface area contributed by atoms with Crippen molar-refractivity contribution in [3.05, 3.63) is 35.9 Å². The Morgan fingerprint density at radius 3 is 2.36 bits per heavy atom. The molecule has 1 saturated heterocycles. The van der Waals surface area contributed by atoms with Crippen molar-refractivity contribution in [2.24, 2.45) is 5.73 Å². The average molecular weight is 346 g/mol. The maximum absolute atomic E-state index is 12.6. The summed E-state index contributed by atoms with van der Waals surface area (Å²) in [6.45, 7) is 4.45. The zero-order chi connectivity index (χ0) is 18.2. The first-order chi connectivity index (χ1) is 12.1. The third-order valence-electron chi connectivity index (χ3n) is 4.37. The lowest BCUT2D eigenvalue weighted by molar-refractivity contribution is -0.157. The summed E-state index contributed by atoms with van der Waals surface area (Å²) in [6.07, 6.45) is 0.725. The van der Waals surface area contributed by atoms with Gasteiger partial charge in [-0.05, 0) is 18.9 Å². The van der Waals surface area contributed by atoms with E-state index in [2.05, 4.69) is 0 Å². The van der Waals surface area contributed by atoms with Gasteiger partial charge in [0.05, 0.1) is 0 Å². The van der Waals surface area contributed by atoms with Crippen LogP contribution in [0.25, 0.3) is 0 Å². The molecule has 7 nitrogen and oxygen atoms in total. The van der Waals surface area contributed by atoms with Crippen LogP contribution in [0.3, 0.4) is 0 Å². The van der Waals surface area contributed by atoms with Crippen molar-refractivity contribution in [3.63, 3.8) is 0 Å². The highest BCUT2D eigenvalue weighted by atomic mass is 16.2. The number of rotatable bonds is 8. The molecular weight excluding hydrogens is 320 g/mol. The van der Waals surface area contributed by atoms with E-state index in [9.17, 15) is 14.4 Å². The number of piperazine rings is 1. The van der Waals surface area contributed by atoms with Gasteiger partial charge in [-0.15, -0.1) is 0 Å². The lowest BCUT2D eigenvalue weighted by Crippen LogP contribution is -2.56. The Morgan fingerprint density at radius 2 is 1.72 bits per heavy atom. The van der Waals surface area contributed by atoms with Crippen molar-refractivity contribution in [2.45, 2.75) is 13.3 Å². The summed E-state index contributed by atoms with van der Waals surface area (Å²) in [4.78, 5) is 41.1. The molecule has 0 saturated carbocycles. The highest BCUT2D eigenvalue weighted by Gasteiger charge is 2.33. The summed E-state index contributed by atoms with van der Waals surface area (Å²) >= 11 is 0. The summed E-state index contributed by atoms with van der Waals surface area (Å²) in [5.41, 5.74) is 6.76. The first-order valence-corrected chi connectivity index (χ1v) is 8.66. The van der Waals surface area contributed by atoms with Crippen LogP contribution < -0.4 is 5.73 Å². The predicted molar refractivity (Wildman–Crippen MR) is 94.6 cm³/mol. The normalized spacial score (nSPS) is 14.8. The van der Waals surface area contributed by atoms with Crippen LogP contribution in [0, 0.1) is 0 Å². The summed E-state index contributed by atoms with van der Waals surface area (Å²) in [5, 5.41) is 0. The third kappa shape index (κ3) is 5.03. The molecule has 0 bridgehead atoms. The molecule has 136 valence electrons. The molecule has 2 N–H and O–H groups in total. The molecule has 1 fully saturated rings. The quantitative estimate of drug-likeness (QED) is 0.655. The lowest BCUT2D eigenvalue weighted by atomic mass is 10.1. The van der Waals surface area contributed by atoms with Crippen molar-refractivity contribution >= 4 is 17.7 Å². The number of carbonyl (C=O) groups is 3. The first-order valence-electron chi connectivity index (χ1n) is 8.66. The highest BCUT2D eigenvalue weighted by Crippen LogP contribution is 2.07. The van der Waals surface area contributed by atoms with Gasteiger partial charge >= 0.3 is 11.8 Å². The van der Waals surface area contributed by atoms with E-state index in [1.165, 1.54) is 9.80 Å². The fourth-order valence-electron chi connectivity index (χ4n) is 2.86. The molecule has 0 radical (unpaired) electrons. The van der Waals surface area contributed by atoms with Gasteiger partial charge in [-0.3, -0.25) is 14.4 Å². The summed E-state index contributed by atoms with van der Waals surface area (Å²) < 4.78 is 0. The zero-order valence-corrected chi connectivity index (χ0v) is 14.7. The van der Waals surface area contributed by atoms with E-state index in [1.54, 1.807) is 4.90 Å². The van der Waals surface area contributed by atoms with E-state index >= 15 is 0 Å². The van der Waals surface area contributed by atoms with Crippen molar-refractivity contribution < 1.29 is 14.4 Å². The number of nitrogens with zero attached hydrogens (tertiary/aromatic N) is 3. The van der Waals surface area contributed by atoms with Crippen LogP contribution in [0.5, 0.6) is 0 Å². The van der Waals surface area contributed by atoms with Crippen molar-refractivity contribution in [2.75, 3.05) is 45.8 Å². The Morgan fingerprint density at radius 1 is 1.08 bits per heavy atom. The molecule has 0 atom stereocenters. The van der Waals surface area contributed by atoms with Gasteiger partial charge in [0.25, 0.3) is 0 Å². The molecule has 2 rings (SSSR count). The molecule has 1 aliphatic rings. The minimum Gasteiger partial charge on any atom is -0.340 e. The van der Waals surface area contributed by atoms with Crippen LogP contribution in [-0.4, -0.2) is 78.2 Å². The number of carbonyl (C=O) groups excluding carboxylic acids is 3. The number of hydrogen-bond acceptors (Lipinski definition) is 4. The fourth-order valence-corrected chi connectivity index (χ4v) is 2.86. The molecular formula is C18H26N4O3. The average Bonchev–Trinajstić information content (AvgIpc) is 2.63. The van der Waals surface area contributed by atoms with E-state index in [0.717, 1.165) is 12.0 Å². The second kappa shape index (κ2) is 9.17. The van der Waals surface area contributed by atoms with Gasteiger partial charge in [0, 0.05) is 39.3 Å². The summed E-state index contributed by atoms with van der Waals surface area (Å²) in [5.74, 6) is -1.30. The van der Waals surface area contributed by atoms with Crippen molar-refractivity contribution in [3.8, 4) is 0 Å². The largest absolute Gasteiger partial charge is 0.340 e. The summed E-state index contributed by atoms with van der Waals surface area (Å²) in [7, 11) is 0. The molecule has 1 heterocycles. The smallest absolute Gasteiger partial charge is 0.312 e. The first kappa shape index (κ1) is 18.9. The van der Waals surface area contributed by atoms with Gasteiger partial charge in [0.2, 0.25) is 5.91 Å². The Hall–Kier alpha value is -2.41. The second-order valence-electron chi connectivity index (χ2n) is 6.02. The molecule has 1 aromatic carbocycles. The molecule has 1 aliphatic heterocycles. The second-order valence-corrected chi connectivity index (χ2v) is 6.02. The van der Waals surface area contributed by atoms with Gasteiger partial charge in [0.15, 0.2) is 0 Å². The Balaban J connectivity index is 1.93. The van der Waals surface area contributed by atoms with Crippen LogP contribution in [0.1, 0.15) is 12.5 Å². The van der Waals surface area contributed by atoms with Gasteiger partial charge in [0.1, 0.15) is 6.54 Å². The lowest BCUT2D eigenvalue weighted by Gasteiger charge is -2.34. The van der Waals surface area contributed by atoms with Crippen LogP contribution in [0.2, 0.25) is 0 Å². The van der Waals surface area contributed by atoms with Gasteiger partial charge in [-0.2, -0.15) is 0 Å². The van der Waals surface area contributed by atoms with E-state index in [4.69, 9.17) is 5.73 Å². The van der Waals surface area contributed by atoms with Crippen LogP contribution >= 0.6 is 0 Å². The van der Waals surface area contributed by atoms with Crippen molar-refractivity contribution in [1.29, 1.82) is 0 Å². The van der Waals surface area contributed by atoms with Crippen molar-refractivity contribution in [1.82, 2.24) is 14.7 Å². The number of benzene rings is 1. The van der Waals surface area contributed by atoms with Gasteiger partial charge in [-0.25, -0.2) is 0 Å². The van der Waals surface area contributed by atoms with Crippen LogP contribution in [-0.2, 0) is 20.8 Å². The van der Waals surface area contributed by atoms with Crippen LogP contribution in [0.15, 0.2) is 30.3 Å². The molecule has 3 amide bonds. The zero-order valence-electron chi connectivity index (χ0n) is 14.7. The monoisotopic (exact) mass is 346 g/mol. The third-order valence-corrected chi connectivity index (χ3v) is 4.37. The minimum absolute atomic E-state index is 0.0725. The van der Waals surface area contributed by atoms with E-state index in [-0.39, 0.29) is 12.5 Å². The molecule has 1 aromatic rings. The molecule has 25 heavy (non-hydrogen) atoms. The molecule has 0 unspecified atom stereocenters. The maximum atomic E-state index is 12.6. The number of likely N-dealkylation sites (N-methyl/N-ethyl adjacent to an activating group) is 1. The predicted octanol–water partition coefficient (Wildman–Crippen LogP) is -0.293.